The molecule has 168 valence electrons. The number of nitriles is 1. The van der Waals surface area contributed by atoms with Crippen LogP contribution in [-0.4, -0.2) is 21.3 Å². The fourth-order valence-electron chi connectivity index (χ4n) is 3.20. The van der Waals surface area contributed by atoms with E-state index in [4.69, 9.17) is 34.8 Å². The average Bonchev–Trinajstić information content (AvgIpc) is 3.01. The Morgan fingerprint density at radius 3 is 2.33 bits per heavy atom. The van der Waals surface area contributed by atoms with E-state index < -0.39 is 11.5 Å². The zero-order valence-corrected chi connectivity index (χ0v) is 20.0. The van der Waals surface area contributed by atoms with Crippen molar-refractivity contribution in [3.63, 3.8) is 0 Å². The number of hydrazone groups is 1. The molecule has 7 nitrogen and oxygen atoms in total. The van der Waals surface area contributed by atoms with Crippen LogP contribution in [0.25, 0.3) is 6.08 Å². The summed E-state index contributed by atoms with van der Waals surface area (Å²) in [5.41, 5.74) is 1.18. The number of pyridine rings is 1. The van der Waals surface area contributed by atoms with Crippen molar-refractivity contribution in [2.75, 3.05) is 5.01 Å². The number of benzene rings is 1. The highest BCUT2D eigenvalue weighted by atomic mass is 35.5. The lowest BCUT2D eigenvalue weighted by molar-refractivity contribution is -0.114. The number of nitrogens with zero attached hydrogens (tertiary/aromatic N) is 4. The van der Waals surface area contributed by atoms with Crippen molar-refractivity contribution in [1.82, 2.24) is 4.57 Å². The minimum absolute atomic E-state index is 0.0379. The summed E-state index contributed by atoms with van der Waals surface area (Å²) in [6.45, 7) is 3.27. The van der Waals surface area contributed by atoms with E-state index in [0.29, 0.717) is 27.4 Å². The quantitative estimate of drug-likeness (QED) is 0.461. The van der Waals surface area contributed by atoms with Gasteiger partial charge in [-0.2, -0.15) is 15.4 Å². The van der Waals surface area contributed by atoms with E-state index >= 15 is 0 Å². The SMILES string of the molecule is CC1=NN(c2c(Cl)cc(Cl)cc2Cl)C(=O)C1=C/C=C/C=C/c1c(C)c(C#N)c(=O)n(C)c1O. The standard InChI is InChI=1S/C23H17Cl3N4O3/c1-12-15(21(31)29(3)22(32)17(12)11-27)7-5-4-6-8-16-13(2)28-30(23(16)33)20-18(25)9-14(24)10-19(20)26/h4-10,31H,1-3H3/b6-4+,7-5+,16-8?. The number of aromatic nitrogens is 1. The van der Waals surface area contributed by atoms with Crippen molar-refractivity contribution in [2.24, 2.45) is 12.1 Å². The second-order valence-electron chi connectivity index (χ2n) is 7.06. The van der Waals surface area contributed by atoms with Gasteiger partial charge in [0.25, 0.3) is 11.5 Å². The summed E-state index contributed by atoms with van der Waals surface area (Å²) in [6, 6.07) is 4.81. The summed E-state index contributed by atoms with van der Waals surface area (Å²) < 4.78 is 1.01. The van der Waals surface area contributed by atoms with Crippen molar-refractivity contribution in [3.8, 4) is 11.9 Å². The van der Waals surface area contributed by atoms with Crippen molar-refractivity contribution >= 4 is 58.2 Å². The fourth-order valence-corrected chi connectivity index (χ4v) is 4.18. The van der Waals surface area contributed by atoms with Crippen molar-refractivity contribution in [2.45, 2.75) is 13.8 Å². The van der Waals surface area contributed by atoms with Gasteiger partial charge in [-0.1, -0.05) is 53.0 Å². The van der Waals surface area contributed by atoms with Gasteiger partial charge in [-0.15, -0.1) is 0 Å². The highest BCUT2D eigenvalue weighted by Gasteiger charge is 2.31. The molecule has 1 N–H and O–H groups in total. The molecule has 1 aliphatic rings. The Morgan fingerprint density at radius 2 is 1.73 bits per heavy atom. The summed E-state index contributed by atoms with van der Waals surface area (Å²) in [4.78, 5) is 24.9. The van der Waals surface area contributed by atoms with Gasteiger partial charge in [0, 0.05) is 17.6 Å². The topological polar surface area (TPSA) is 98.7 Å². The molecular formula is C23H17Cl3N4O3. The Hall–Kier alpha value is -3.31. The number of aromatic hydroxyl groups is 1. The molecule has 1 aromatic carbocycles. The number of anilines is 1. The lowest BCUT2D eigenvalue weighted by Gasteiger charge is -2.15. The third-order valence-corrected chi connectivity index (χ3v) is 5.77. The summed E-state index contributed by atoms with van der Waals surface area (Å²) in [7, 11) is 1.38. The molecule has 0 fully saturated rings. The predicted octanol–water partition coefficient (Wildman–Crippen LogP) is 5.15. The maximum Gasteiger partial charge on any atom is 0.280 e. The molecule has 33 heavy (non-hydrogen) atoms. The monoisotopic (exact) mass is 502 g/mol. The number of amides is 1. The third-order valence-electron chi connectivity index (χ3n) is 4.97. The minimum Gasteiger partial charge on any atom is -0.494 e. The number of allylic oxidation sites excluding steroid dienone is 4. The Labute approximate surface area is 204 Å². The molecule has 10 heteroatoms. The molecule has 0 atom stereocenters. The summed E-state index contributed by atoms with van der Waals surface area (Å²) in [6.07, 6.45) is 8.01. The van der Waals surface area contributed by atoms with E-state index in [1.54, 1.807) is 44.2 Å². The van der Waals surface area contributed by atoms with Crippen molar-refractivity contribution in [3.05, 3.63) is 84.1 Å². The van der Waals surface area contributed by atoms with Gasteiger partial charge in [0.05, 0.1) is 21.3 Å². The van der Waals surface area contributed by atoms with Gasteiger partial charge in [0.2, 0.25) is 5.88 Å². The number of rotatable bonds is 4. The minimum atomic E-state index is -0.565. The molecule has 1 aromatic heterocycles. The zero-order valence-electron chi connectivity index (χ0n) is 17.7. The predicted molar refractivity (Wildman–Crippen MR) is 131 cm³/mol. The summed E-state index contributed by atoms with van der Waals surface area (Å²) in [5, 5.41) is 25.6. The lowest BCUT2D eigenvalue weighted by atomic mass is 10.0. The van der Waals surface area contributed by atoms with Gasteiger partial charge in [-0.05, 0) is 43.7 Å². The number of carbonyl (C=O) groups excluding carboxylic acids is 1. The maximum absolute atomic E-state index is 12.9. The number of hydrogen-bond acceptors (Lipinski definition) is 5. The Morgan fingerprint density at radius 1 is 1.09 bits per heavy atom. The van der Waals surface area contributed by atoms with E-state index in [-0.39, 0.29) is 27.2 Å². The lowest BCUT2D eigenvalue weighted by Crippen LogP contribution is -2.22. The van der Waals surface area contributed by atoms with Gasteiger partial charge in [-0.25, -0.2) is 0 Å². The molecule has 1 amide bonds. The molecule has 2 heterocycles. The third kappa shape index (κ3) is 4.60. The first-order valence-electron chi connectivity index (χ1n) is 9.50. The molecule has 0 saturated carbocycles. The molecule has 0 unspecified atom stereocenters. The largest absolute Gasteiger partial charge is 0.494 e. The van der Waals surface area contributed by atoms with Crippen LogP contribution < -0.4 is 10.6 Å². The van der Waals surface area contributed by atoms with Crippen LogP contribution in [0.4, 0.5) is 5.69 Å². The Bertz CT molecular complexity index is 1370. The zero-order chi connectivity index (χ0) is 24.4. The van der Waals surface area contributed by atoms with Crippen LogP contribution in [-0.2, 0) is 11.8 Å². The average molecular weight is 504 g/mol. The molecule has 0 spiro atoms. The van der Waals surface area contributed by atoms with Crippen molar-refractivity contribution < 1.29 is 9.90 Å². The molecule has 0 saturated heterocycles. The molecule has 0 bridgehead atoms. The Kier molecular flexibility index (Phi) is 7.13. The first kappa shape index (κ1) is 24.3. The van der Waals surface area contributed by atoms with E-state index in [1.165, 1.54) is 19.2 Å². The normalized spacial score (nSPS) is 15.2. The van der Waals surface area contributed by atoms with Crippen LogP contribution in [0.5, 0.6) is 5.88 Å². The fraction of sp³-hybridized carbons (Fsp3) is 0.130. The van der Waals surface area contributed by atoms with E-state index in [1.807, 2.05) is 6.07 Å². The first-order chi connectivity index (χ1) is 15.6. The van der Waals surface area contributed by atoms with Crippen LogP contribution in [0.2, 0.25) is 15.1 Å². The second-order valence-corrected chi connectivity index (χ2v) is 8.31. The van der Waals surface area contributed by atoms with Crippen LogP contribution in [0.1, 0.15) is 23.6 Å². The molecule has 2 aromatic rings. The summed E-state index contributed by atoms with van der Waals surface area (Å²) >= 11 is 18.4. The molecule has 0 radical (unpaired) electrons. The van der Waals surface area contributed by atoms with Gasteiger partial charge >= 0.3 is 0 Å². The summed E-state index contributed by atoms with van der Waals surface area (Å²) in [5.74, 6) is -0.654. The van der Waals surface area contributed by atoms with Crippen LogP contribution in [0.3, 0.4) is 0 Å². The second kappa shape index (κ2) is 9.67. The van der Waals surface area contributed by atoms with Crippen LogP contribution >= 0.6 is 34.8 Å². The molecule has 1 aliphatic heterocycles. The number of carbonyl (C=O) groups is 1. The molecule has 3 rings (SSSR count). The number of hydrogen-bond donors (Lipinski definition) is 1. The molecule has 0 aliphatic carbocycles. The van der Waals surface area contributed by atoms with E-state index in [9.17, 15) is 20.0 Å². The van der Waals surface area contributed by atoms with Crippen molar-refractivity contribution in [1.29, 1.82) is 5.26 Å². The molecular weight excluding hydrogens is 487 g/mol. The van der Waals surface area contributed by atoms with Crippen LogP contribution in [0.15, 0.2) is 51.9 Å². The smallest absolute Gasteiger partial charge is 0.280 e. The van der Waals surface area contributed by atoms with Crippen LogP contribution in [0, 0.1) is 18.3 Å². The van der Waals surface area contributed by atoms with E-state index in [0.717, 1.165) is 9.58 Å². The number of halogens is 3. The van der Waals surface area contributed by atoms with Gasteiger partial charge in [0.1, 0.15) is 17.3 Å². The highest BCUT2D eigenvalue weighted by molar-refractivity contribution is 6.43. The van der Waals surface area contributed by atoms with E-state index in [2.05, 4.69) is 5.10 Å². The van der Waals surface area contributed by atoms with Gasteiger partial charge in [-0.3, -0.25) is 14.2 Å². The highest BCUT2D eigenvalue weighted by Crippen LogP contribution is 2.39. The first-order valence-corrected chi connectivity index (χ1v) is 10.6. The Balaban J connectivity index is 1.86. The van der Waals surface area contributed by atoms with Gasteiger partial charge < -0.3 is 5.11 Å². The maximum atomic E-state index is 12.9. The van der Waals surface area contributed by atoms with Gasteiger partial charge in [0.15, 0.2) is 0 Å².